The molecule has 20 heavy (non-hydrogen) atoms. The van der Waals surface area contributed by atoms with Crippen molar-refractivity contribution < 1.29 is 23.8 Å². The van der Waals surface area contributed by atoms with Crippen LogP contribution in [-0.4, -0.2) is 17.7 Å². The Labute approximate surface area is 133 Å². The second-order valence-corrected chi connectivity index (χ2v) is 4.98. The third-order valence-electron chi connectivity index (χ3n) is 2.34. The van der Waals surface area contributed by atoms with Gasteiger partial charge in [0, 0.05) is 23.1 Å². The molecule has 0 amide bonds. The van der Waals surface area contributed by atoms with E-state index in [0.29, 0.717) is 22.6 Å². The molecule has 1 aromatic carbocycles. The summed E-state index contributed by atoms with van der Waals surface area (Å²) in [7, 11) is 1.56. The number of carbonyl (C=O) groups is 2. The van der Waals surface area contributed by atoms with Gasteiger partial charge in [-0.1, -0.05) is 25.3 Å². The smallest absolute Gasteiger partial charge is 0.364 e. The lowest BCUT2D eigenvalue weighted by molar-refractivity contribution is 0.165. The van der Waals surface area contributed by atoms with Crippen molar-refractivity contribution in [2.75, 3.05) is 7.11 Å². The monoisotopic (exact) mass is 334 g/mol. The molecule has 1 rings (SSSR count). The van der Waals surface area contributed by atoms with Gasteiger partial charge in [0.1, 0.15) is 13.2 Å². The zero-order valence-corrected chi connectivity index (χ0v) is 13.3. The predicted molar refractivity (Wildman–Crippen MR) is 82.7 cm³/mol. The molecule has 5 nitrogen and oxygen atoms in total. The molecule has 8 heteroatoms. The van der Waals surface area contributed by atoms with E-state index >= 15 is 0 Å². The molecule has 1 aromatic rings. The first-order valence-electron chi connectivity index (χ1n) is 5.48. The number of benzene rings is 1. The first kappa shape index (κ1) is 17.2. The number of hydrogen-bond donors (Lipinski definition) is 3. The van der Waals surface area contributed by atoms with Crippen LogP contribution in [0.3, 0.4) is 0 Å². The lowest BCUT2D eigenvalue weighted by Gasteiger charge is -2.13. The largest absolute Gasteiger partial charge is 0.453 e. The summed E-state index contributed by atoms with van der Waals surface area (Å²) in [6, 6.07) is 3.60. The molecule has 0 bridgehead atoms. The van der Waals surface area contributed by atoms with Crippen molar-refractivity contribution in [2.24, 2.45) is 0 Å². The van der Waals surface area contributed by atoms with Gasteiger partial charge in [0.2, 0.25) is 0 Å². The lowest BCUT2D eigenvalue weighted by Crippen LogP contribution is -2.03. The topological polar surface area (TPSA) is 61.8 Å². The van der Waals surface area contributed by atoms with Crippen LogP contribution in [0.4, 0.5) is 9.59 Å². The second-order valence-electron chi connectivity index (χ2n) is 3.80. The van der Waals surface area contributed by atoms with Gasteiger partial charge in [0.05, 0.1) is 6.61 Å². The Morgan fingerprint density at radius 3 is 1.80 bits per heavy atom. The summed E-state index contributed by atoms with van der Waals surface area (Å²) in [5.74, 6) is 0. The highest BCUT2D eigenvalue weighted by Gasteiger charge is 2.11. The normalized spacial score (nSPS) is 10.2. The van der Waals surface area contributed by atoms with Crippen LogP contribution in [0.15, 0.2) is 17.0 Å². The van der Waals surface area contributed by atoms with Crippen molar-refractivity contribution in [1.82, 2.24) is 0 Å². The predicted octanol–water partition coefficient (Wildman–Crippen LogP) is 3.25. The Hall–Kier alpha value is -0.830. The van der Waals surface area contributed by atoms with E-state index in [9.17, 15) is 9.59 Å². The summed E-state index contributed by atoms with van der Waals surface area (Å²) in [5.41, 5.74) is 2.20. The zero-order chi connectivity index (χ0) is 15.1. The maximum atomic E-state index is 10.8. The van der Waals surface area contributed by atoms with E-state index in [-0.39, 0.29) is 13.2 Å². The fraction of sp³-hybridized carbons (Fsp3) is 0.333. The third-order valence-corrected chi connectivity index (χ3v) is 3.17. The van der Waals surface area contributed by atoms with E-state index in [2.05, 4.69) is 37.9 Å². The van der Waals surface area contributed by atoms with Gasteiger partial charge in [0.25, 0.3) is 0 Å². The average molecular weight is 334 g/mol. The molecule has 0 atom stereocenters. The van der Waals surface area contributed by atoms with Crippen molar-refractivity contribution in [1.29, 1.82) is 0 Å². The number of rotatable bonds is 6. The summed E-state index contributed by atoms with van der Waals surface area (Å²) in [6.45, 7) is 0.429. The fourth-order valence-electron chi connectivity index (χ4n) is 1.58. The number of thiol groups is 3. The molecule has 110 valence electrons. The second kappa shape index (κ2) is 8.46. The van der Waals surface area contributed by atoms with Crippen LogP contribution in [-0.2, 0) is 34.0 Å². The van der Waals surface area contributed by atoms with Crippen LogP contribution in [0, 0.1) is 0 Å². The van der Waals surface area contributed by atoms with Gasteiger partial charge in [-0.15, -0.1) is 12.6 Å². The number of carbonyl (C=O) groups excluding carboxylic acids is 2. The van der Waals surface area contributed by atoms with Gasteiger partial charge < -0.3 is 14.2 Å². The maximum absolute atomic E-state index is 10.8. The molecular formula is C12H14O5S3. The van der Waals surface area contributed by atoms with E-state index in [4.69, 9.17) is 14.2 Å². The fourth-order valence-corrected chi connectivity index (χ4v) is 1.97. The Morgan fingerprint density at radius 2 is 1.45 bits per heavy atom. The van der Waals surface area contributed by atoms with Crippen LogP contribution in [0.5, 0.6) is 0 Å². The lowest BCUT2D eigenvalue weighted by atomic mass is 10.1. The van der Waals surface area contributed by atoms with E-state index in [0.717, 1.165) is 5.56 Å². The highest BCUT2D eigenvalue weighted by atomic mass is 32.1. The molecule has 0 aliphatic carbocycles. The Bertz CT molecular complexity index is 465. The number of ether oxygens (including phenoxy) is 3. The highest BCUT2D eigenvalue weighted by molar-refractivity contribution is 7.96. The van der Waals surface area contributed by atoms with Crippen LogP contribution >= 0.6 is 37.9 Å². The first-order valence-corrected chi connectivity index (χ1v) is 6.82. The van der Waals surface area contributed by atoms with Gasteiger partial charge in [0.15, 0.2) is 0 Å². The summed E-state index contributed by atoms with van der Waals surface area (Å²) in [5, 5.41) is -1.36. The molecule has 0 N–H and O–H groups in total. The van der Waals surface area contributed by atoms with Crippen LogP contribution < -0.4 is 0 Å². The van der Waals surface area contributed by atoms with Crippen LogP contribution in [0.25, 0.3) is 0 Å². The molecular weight excluding hydrogens is 320 g/mol. The molecule has 0 saturated heterocycles. The average Bonchev–Trinajstić information content (AvgIpc) is 2.37. The Morgan fingerprint density at radius 1 is 1.00 bits per heavy atom. The maximum Gasteiger partial charge on any atom is 0.364 e. The van der Waals surface area contributed by atoms with Crippen molar-refractivity contribution in [3.8, 4) is 0 Å². The van der Waals surface area contributed by atoms with Crippen molar-refractivity contribution >= 4 is 48.5 Å². The van der Waals surface area contributed by atoms with Gasteiger partial charge in [-0.25, -0.2) is 9.59 Å². The van der Waals surface area contributed by atoms with Crippen molar-refractivity contribution in [3.63, 3.8) is 0 Å². The number of methoxy groups -OCH3 is 1. The Kier molecular flexibility index (Phi) is 7.28. The van der Waals surface area contributed by atoms with Crippen molar-refractivity contribution in [3.05, 3.63) is 28.8 Å². The van der Waals surface area contributed by atoms with Crippen LogP contribution in [0.1, 0.15) is 16.7 Å². The third kappa shape index (κ3) is 5.66. The summed E-state index contributed by atoms with van der Waals surface area (Å²) >= 11 is 11.4. The first-order chi connectivity index (χ1) is 9.43. The number of hydrogen-bond acceptors (Lipinski definition) is 6. The molecule has 0 heterocycles. The minimum absolute atomic E-state index is 0.0283. The molecule has 0 fully saturated rings. The molecule has 0 aromatic heterocycles. The molecule has 0 aliphatic rings. The standard InChI is InChI=1S/C12H14O5S3/c1-15-4-7-2-8(5-16-11(13)19)10(18)9(3-7)6-17-12(14)20/h2-3,18H,4-6H2,1H3,(H,13,19)(H,14,20). The molecule has 0 aliphatic heterocycles. The highest BCUT2D eigenvalue weighted by Crippen LogP contribution is 2.24. The van der Waals surface area contributed by atoms with Crippen LogP contribution in [0.2, 0.25) is 0 Å². The zero-order valence-electron chi connectivity index (χ0n) is 10.7. The summed E-state index contributed by atoms with van der Waals surface area (Å²) in [6.07, 6.45) is 0. The quantitative estimate of drug-likeness (QED) is 0.551. The summed E-state index contributed by atoms with van der Waals surface area (Å²) in [4.78, 5) is 22.1. The van der Waals surface area contributed by atoms with E-state index in [1.54, 1.807) is 19.2 Å². The van der Waals surface area contributed by atoms with E-state index < -0.39 is 10.6 Å². The molecule has 0 saturated carbocycles. The summed E-state index contributed by atoms with van der Waals surface area (Å²) < 4.78 is 14.7. The van der Waals surface area contributed by atoms with Gasteiger partial charge in [-0.3, -0.25) is 0 Å². The SMILES string of the molecule is COCc1cc(COC(=O)S)c(S)c(COC(=O)S)c1. The van der Waals surface area contributed by atoms with E-state index in [1.165, 1.54) is 0 Å². The molecule has 0 radical (unpaired) electrons. The van der Waals surface area contributed by atoms with E-state index in [1.807, 2.05) is 0 Å². The Balaban J connectivity index is 3.01. The molecule has 0 unspecified atom stereocenters. The van der Waals surface area contributed by atoms with Gasteiger partial charge in [-0.05, 0) is 17.7 Å². The molecule has 0 spiro atoms. The van der Waals surface area contributed by atoms with Gasteiger partial charge in [-0.2, -0.15) is 0 Å². The minimum Gasteiger partial charge on any atom is -0.453 e. The van der Waals surface area contributed by atoms with Crippen molar-refractivity contribution in [2.45, 2.75) is 24.7 Å². The van der Waals surface area contributed by atoms with Gasteiger partial charge >= 0.3 is 10.6 Å². The minimum atomic E-state index is -0.682.